The van der Waals surface area contributed by atoms with Crippen LogP contribution in [0, 0.1) is 0 Å². The monoisotopic (exact) mass is 411 g/mol. The largest absolute Gasteiger partial charge is 0.495 e. The van der Waals surface area contributed by atoms with Crippen LogP contribution in [0.15, 0.2) is 36.4 Å². The van der Waals surface area contributed by atoms with Gasteiger partial charge >= 0.3 is 0 Å². The van der Waals surface area contributed by atoms with Crippen LogP contribution in [0.2, 0.25) is 0 Å². The summed E-state index contributed by atoms with van der Waals surface area (Å²) in [5.74, 6) is 1.48. The molecule has 2 bridgehead atoms. The van der Waals surface area contributed by atoms with Crippen molar-refractivity contribution in [1.29, 1.82) is 0 Å². The lowest BCUT2D eigenvalue weighted by Gasteiger charge is -2.37. The molecule has 0 radical (unpaired) electrons. The molecule has 0 amide bonds. The van der Waals surface area contributed by atoms with Gasteiger partial charge in [0.25, 0.3) is 0 Å². The molecule has 0 saturated carbocycles. The molecule has 2 aliphatic carbocycles. The van der Waals surface area contributed by atoms with Gasteiger partial charge < -0.3 is 25.0 Å². The number of para-hydroxylation sites is 2. The Balaban J connectivity index is 1.20. The predicted molar refractivity (Wildman–Crippen MR) is 115 cm³/mol. The third kappa shape index (κ3) is 3.13. The zero-order valence-electron chi connectivity index (χ0n) is 17.2. The van der Waals surface area contributed by atoms with E-state index in [1.165, 1.54) is 4.57 Å². The highest BCUT2D eigenvalue weighted by Crippen LogP contribution is 2.56. The Morgan fingerprint density at radius 1 is 0.967 bits per heavy atom. The summed E-state index contributed by atoms with van der Waals surface area (Å²) in [5, 5.41) is 32.0. The van der Waals surface area contributed by atoms with Crippen LogP contribution in [0.25, 0.3) is 0 Å². The van der Waals surface area contributed by atoms with Gasteiger partial charge in [-0.2, -0.15) is 0 Å². The normalized spacial score (nSPS) is 23.7. The molecule has 1 aliphatic heterocycles. The van der Waals surface area contributed by atoms with Gasteiger partial charge in [-0.25, -0.2) is 0 Å². The van der Waals surface area contributed by atoms with Crippen molar-refractivity contribution in [3.05, 3.63) is 47.5 Å². The number of nitrogens with zero attached hydrogens (tertiary/aromatic N) is 3. The van der Waals surface area contributed by atoms with Crippen LogP contribution in [0.3, 0.4) is 0 Å². The minimum atomic E-state index is -0.669. The molecule has 3 aliphatic rings. The van der Waals surface area contributed by atoms with Crippen molar-refractivity contribution in [3.63, 3.8) is 0 Å². The molecule has 2 heterocycles. The van der Waals surface area contributed by atoms with E-state index in [9.17, 15) is 15.3 Å². The average molecular weight is 412 g/mol. The summed E-state index contributed by atoms with van der Waals surface area (Å²) < 4.78 is 6.95. The van der Waals surface area contributed by atoms with Crippen LogP contribution >= 0.6 is 0 Å². The first-order valence-electron chi connectivity index (χ1n) is 10.7. The lowest BCUT2D eigenvalue weighted by atomic mass is 10.0. The number of fused-ring (bicyclic) bond motifs is 5. The second-order valence-corrected chi connectivity index (χ2v) is 8.53. The Kier molecular flexibility index (Phi) is 4.87. The third-order valence-corrected chi connectivity index (χ3v) is 6.77. The van der Waals surface area contributed by atoms with Crippen molar-refractivity contribution in [2.75, 3.05) is 44.7 Å². The Bertz CT molecular complexity index is 926. The fraction of sp³-hybridized carbons (Fsp3) is 0.478. The van der Waals surface area contributed by atoms with E-state index in [0.29, 0.717) is 6.54 Å². The second-order valence-electron chi connectivity index (χ2n) is 8.53. The lowest BCUT2D eigenvalue weighted by Crippen LogP contribution is -2.49. The first-order valence-corrected chi connectivity index (χ1v) is 10.7. The van der Waals surface area contributed by atoms with Gasteiger partial charge in [-0.3, -0.25) is 9.47 Å². The molecule has 1 aromatic carbocycles. The predicted octanol–water partition coefficient (Wildman–Crippen LogP) is 2.23. The third-order valence-electron chi connectivity index (χ3n) is 6.77. The van der Waals surface area contributed by atoms with Crippen LogP contribution in [-0.4, -0.2) is 70.7 Å². The first-order chi connectivity index (χ1) is 14.6. The summed E-state index contributed by atoms with van der Waals surface area (Å²) in [6.07, 6.45) is 4.48. The Hall–Kier alpha value is -2.64. The van der Waals surface area contributed by atoms with E-state index in [0.717, 1.165) is 55.2 Å². The fourth-order valence-electron chi connectivity index (χ4n) is 5.29. The summed E-state index contributed by atoms with van der Waals surface area (Å²) >= 11 is 0. The minimum Gasteiger partial charge on any atom is -0.495 e. The standard InChI is InChI=1S/C23H29N3O4/c1-30-19-5-3-2-4-18(19)25-10-8-24(9-11-25)13-17(27)14-26-22(28)20-15-6-7-16(12-15)21(20)23(26)29/h2-7,15-17,27-29H,8-14H2,1H3. The molecule has 3 N–H and O–H groups in total. The quantitative estimate of drug-likeness (QED) is 0.633. The molecule has 1 saturated heterocycles. The van der Waals surface area contributed by atoms with E-state index in [1.807, 2.05) is 18.2 Å². The highest BCUT2D eigenvalue weighted by molar-refractivity contribution is 5.59. The van der Waals surface area contributed by atoms with E-state index in [2.05, 4.69) is 28.0 Å². The molecule has 1 fully saturated rings. The van der Waals surface area contributed by atoms with Gasteiger partial charge in [-0.05, 0) is 18.6 Å². The highest BCUT2D eigenvalue weighted by Gasteiger charge is 2.41. The topological polar surface area (TPSA) is 81.3 Å². The van der Waals surface area contributed by atoms with E-state index >= 15 is 0 Å². The summed E-state index contributed by atoms with van der Waals surface area (Å²) in [5.41, 5.74) is 2.79. The molecule has 1 aromatic heterocycles. The smallest absolute Gasteiger partial charge is 0.198 e. The molecule has 160 valence electrons. The number of hydrogen-bond acceptors (Lipinski definition) is 6. The molecule has 3 atom stereocenters. The summed E-state index contributed by atoms with van der Waals surface area (Å²) in [4.78, 5) is 4.53. The van der Waals surface area contributed by atoms with Crippen molar-refractivity contribution >= 4 is 5.69 Å². The van der Waals surface area contributed by atoms with Crippen molar-refractivity contribution in [2.45, 2.75) is 30.9 Å². The molecule has 30 heavy (non-hydrogen) atoms. The van der Waals surface area contributed by atoms with E-state index < -0.39 is 6.10 Å². The van der Waals surface area contributed by atoms with Crippen molar-refractivity contribution in [3.8, 4) is 17.5 Å². The van der Waals surface area contributed by atoms with Crippen LogP contribution in [0.1, 0.15) is 29.4 Å². The lowest BCUT2D eigenvalue weighted by molar-refractivity contribution is 0.0907. The number of allylic oxidation sites excluding steroid dienone is 2. The summed E-state index contributed by atoms with van der Waals surface area (Å²) in [6, 6.07) is 8.03. The average Bonchev–Trinajstić information content (AvgIpc) is 3.44. The number of aliphatic hydroxyl groups excluding tert-OH is 1. The maximum absolute atomic E-state index is 10.7. The van der Waals surface area contributed by atoms with Gasteiger partial charge in [0.1, 0.15) is 5.75 Å². The van der Waals surface area contributed by atoms with Gasteiger partial charge in [0.05, 0.1) is 25.4 Å². The Morgan fingerprint density at radius 2 is 1.60 bits per heavy atom. The Labute approximate surface area is 176 Å². The number of rotatable bonds is 6. The summed E-state index contributed by atoms with van der Waals surface area (Å²) in [7, 11) is 1.69. The summed E-state index contributed by atoms with van der Waals surface area (Å²) in [6.45, 7) is 4.09. The number of piperazine rings is 1. The maximum atomic E-state index is 10.7. The van der Waals surface area contributed by atoms with Crippen LogP contribution in [-0.2, 0) is 6.54 Å². The van der Waals surface area contributed by atoms with Crippen LogP contribution in [0.5, 0.6) is 17.5 Å². The minimum absolute atomic E-state index is 0.111. The maximum Gasteiger partial charge on any atom is 0.198 e. The number of hydrogen-bond donors (Lipinski definition) is 3. The number of methoxy groups -OCH3 is 1. The molecule has 7 nitrogen and oxygen atoms in total. The van der Waals surface area contributed by atoms with Crippen LogP contribution < -0.4 is 9.64 Å². The van der Waals surface area contributed by atoms with Crippen molar-refractivity contribution in [2.24, 2.45) is 0 Å². The van der Waals surface area contributed by atoms with Crippen molar-refractivity contribution in [1.82, 2.24) is 9.47 Å². The molecule has 3 unspecified atom stereocenters. The van der Waals surface area contributed by atoms with E-state index in [4.69, 9.17) is 4.74 Å². The Morgan fingerprint density at radius 3 is 2.23 bits per heavy atom. The molecule has 2 aromatic rings. The molecule has 7 heteroatoms. The number of benzene rings is 1. The van der Waals surface area contributed by atoms with Gasteiger partial charge in [-0.1, -0.05) is 24.3 Å². The number of aliphatic hydroxyl groups is 1. The number of aromatic hydroxyl groups is 2. The second kappa shape index (κ2) is 7.56. The van der Waals surface area contributed by atoms with E-state index in [-0.39, 0.29) is 30.1 Å². The zero-order valence-corrected chi connectivity index (χ0v) is 17.2. The van der Waals surface area contributed by atoms with Gasteiger partial charge in [0.15, 0.2) is 11.8 Å². The molecule has 5 rings (SSSR count). The number of aromatic nitrogens is 1. The number of ether oxygens (including phenoxy) is 1. The van der Waals surface area contributed by atoms with Gasteiger partial charge in [-0.15, -0.1) is 0 Å². The van der Waals surface area contributed by atoms with Crippen LogP contribution in [0.4, 0.5) is 5.69 Å². The number of β-amino-alcohol motifs (C(OH)–C–C–N with tert-alkyl or cyclic N) is 1. The fourth-order valence-corrected chi connectivity index (χ4v) is 5.29. The molecular formula is C23H29N3O4. The van der Waals surface area contributed by atoms with Crippen molar-refractivity contribution < 1.29 is 20.1 Å². The molecule has 0 spiro atoms. The SMILES string of the molecule is COc1ccccc1N1CCN(CC(O)Cn2c(O)c3c(c2O)C2C=CC3C2)CC1. The molecular weight excluding hydrogens is 382 g/mol. The zero-order chi connectivity index (χ0) is 20.8. The highest BCUT2D eigenvalue weighted by atomic mass is 16.5. The first kappa shape index (κ1) is 19.3. The van der Waals surface area contributed by atoms with Gasteiger partial charge in [0.2, 0.25) is 0 Å². The number of anilines is 1. The van der Waals surface area contributed by atoms with Gasteiger partial charge in [0, 0.05) is 55.7 Å². The van der Waals surface area contributed by atoms with E-state index in [1.54, 1.807) is 7.11 Å².